The first kappa shape index (κ1) is 17.4. The van der Waals surface area contributed by atoms with Crippen molar-refractivity contribution in [1.82, 2.24) is 9.55 Å². The van der Waals surface area contributed by atoms with Crippen molar-refractivity contribution in [3.05, 3.63) is 81.9 Å². The molecule has 1 N–H and O–H groups in total. The van der Waals surface area contributed by atoms with Crippen molar-refractivity contribution in [3.63, 3.8) is 0 Å². The number of amides is 1. The van der Waals surface area contributed by atoms with Crippen LogP contribution < -0.4 is 15.6 Å². The van der Waals surface area contributed by atoms with E-state index in [1.807, 2.05) is 32.0 Å². The number of carbonyl (C=O) groups is 1. The van der Waals surface area contributed by atoms with Gasteiger partial charge in [0.05, 0.1) is 7.11 Å². The van der Waals surface area contributed by atoms with Gasteiger partial charge in [-0.15, -0.1) is 0 Å². The minimum atomic E-state index is -0.407. The minimum Gasteiger partial charge on any atom is -0.497 e. The van der Waals surface area contributed by atoms with E-state index in [0.29, 0.717) is 11.3 Å². The molecule has 132 valence electrons. The third kappa shape index (κ3) is 3.49. The molecule has 1 heterocycles. The number of benzene rings is 2. The Balaban J connectivity index is 1.90. The Bertz CT molecular complexity index is 1010. The van der Waals surface area contributed by atoms with Crippen LogP contribution in [-0.4, -0.2) is 22.6 Å². The SMILES string of the molecule is COc1ccc(C(=O)Nc2nccn(-c3ccc(C)c(C)c3)c2=O)cc1. The number of hydrogen-bond acceptors (Lipinski definition) is 4. The third-order valence-electron chi connectivity index (χ3n) is 4.19. The zero-order chi connectivity index (χ0) is 18.7. The van der Waals surface area contributed by atoms with E-state index in [0.717, 1.165) is 16.8 Å². The second-order valence-corrected chi connectivity index (χ2v) is 5.90. The monoisotopic (exact) mass is 349 g/mol. The van der Waals surface area contributed by atoms with Gasteiger partial charge in [0.1, 0.15) is 5.75 Å². The zero-order valence-electron chi connectivity index (χ0n) is 14.8. The van der Waals surface area contributed by atoms with Gasteiger partial charge in [0, 0.05) is 23.6 Å². The maximum atomic E-state index is 12.7. The highest BCUT2D eigenvalue weighted by Gasteiger charge is 2.12. The van der Waals surface area contributed by atoms with Crippen LogP contribution in [0.4, 0.5) is 5.82 Å². The van der Waals surface area contributed by atoms with E-state index >= 15 is 0 Å². The molecule has 3 aromatic rings. The van der Waals surface area contributed by atoms with Gasteiger partial charge < -0.3 is 10.1 Å². The molecular formula is C20H19N3O3. The third-order valence-corrected chi connectivity index (χ3v) is 4.19. The van der Waals surface area contributed by atoms with E-state index in [9.17, 15) is 9.59 Å². The lowest BCUT2D eigenvalue weighted by Crippen LogP contribution is -2.26. The first-order valence-corrected chi connectivity index (χ1v) is 8.10. The molecule has 0 saturated carbocycles. The lowest BCUT2D eigenvalue weighted by molar-refractivity contribution is 0.102. The zero-order valence-corrected chi connectivity index (χ0v) is 14.8. The molecule has 2 aromatic carbocycles. The molecule has 0 atom stereocenters. The van der Waals surface area contributed by atoms with Gasteiger partial charge >= 0.3 is 0 Å². The molecule has 0 aliphatic heterocycles. The van der Waals surface area contributed by atoms with Crippen LogP contribution in [0.3, 0.4) is 0 Å². The molecule has 0 spiro atoms. The van der Waals surface area contributed by atoms with Gasteiger partial charge in [-0.25, -0.2) is 4.98 Å². The summed E-state index contributed by atoms with van der Waals surface area (Å²) in [5, 5.41) is 2.58. The summed E-state index contributed by atoms with van der Waals surface area (Å²) in [4.78, 5) is 29.1. The van der Waals surface area contributed by atoms with Crippen LogP contribution in [0.2, 0.25) is 0 Å². The second kappa shape index (κ2) is 7.23. The number of rotatable bonds is 4. The predicted molar refractivity (Wildman–Crippen MR) is 100 cm³/mol. The van der Waals surface area contributed by atoms with Crippen molar-refractivity contribution in [2.45, 2.75) is 13.8 Å². The Morgan fingerprint density at radius 2 is 1.81 bits per heavy atom. The molecule has 0 radical (unpaired) electrons. The molecule has 0 aliphatic rings. The van der Waals surface area contributed by atoms with Gasteiger partial charge in [0.25, 0.3) is 11.5 Å². The molecule has 1 aromatic heterocycles. The lowest BCUT2D eigenvalue weighted by atomic mass is 10.1. The fourth-order valence-electron chi connectivity index (χ4n) is 2.50. The van der Waals surface area contributed by atoms with Crippen LogP contribution in [0.1, 0.15) is 21.5 Å². The fraction of sp³-hybridized carbons (Fsp3) is 0.150. The van der Waals surface area contributed by atoms with Crippen LogP contribution in [-0.2, 0) is 0 Å². The van der Waals surface area contributed by atoms with E-state index in [1.54, 1.807) is 37.6 Å². The van der Waals surface area contributed by atoms with Gasteiger partial charge in [-0.05, 0) is 61.4 Å². The van der Waals surface area contributed by atoms with Gasteiger partial charge in [0.2, 0.25) is 0 Å². The second-order valence-electron chi connectivity index (χ2n) is 5.90. The normalized spacial score (nSPS) is 10.4. The first-order valence-electron chi connectivity index (χ1n) is 8.10. The molecule has 3 rings (SSSR count). The number of carbonyl (C=O) groups excluding carboxylic acids is 1. The first-order chi connectivity index (χ1) is 12.5. The topological polar surface area (TPSA) is 73.2 Å². The molecule has 0 aliphatic carbocycles. The maximum absolute atomic E-state index is 12.7. The maximum Gasteiger partial charge on any atom is 0.298 e. The average Bonchev–Trinajstić information content (AvgIpc) is 2.66. The highest BCUT2D eigenvalue weighted by atomic mass is 16.5. The summed E-state index contributed by atoms with van der Waals surface area (Å²) in [5.41, 5.74) is 2.96. The van der Waals surface area contributed by atoms with Crippen LogP contribution >= 0.6 is 0 Å². The quantitative estimate of drug-likeness (QED) is 0.785. The predicted octanol–water partition coefficient (Wildman–Crippen LogP) is 3.11. The molecule has 0 unspecified atom stereocenters. The minimum absolute atomic E-state index is 0.0217. The summed E-state index contributed by atoms with van der Waals surface area (Å²) in [6.45, 7) is 3.99. The summed E-state index contributed by atoms with van der Waals surface area (Å²) in [6, 6.07) is 12.3. The highest BCUT2D eigenvalue weighted by molar-refractivity contribution is 6.03. The number of nitrogens with one attached hydrogen (secondary N) is 1. The Morgan fingerprint density at radius 3 is 2.46 bits per heavy atom. The Kier molecular flexibility index (Phi) is 4.84. The average molecular weight is 349 g/mol. The summed E-state index contributed by atoms with van der Waals surface area (Å²) in [5.74, 6) is 0.220. The van der Waals surface area contributed by atoms with Crippen molar-refractivity contribution >= 4 is 11.7 Å². The van der Waals surface area contributed by atoms with Gasteiger partial charge in [-0.3, -0.25) is 14.2 Å². The summed E-state index contributed by atoms with van der Waals surface area (Å²) in [7, 11) is 1.55. The lowest BCUT2D eigenvalue weighted by Gasteiger charge is -2.10. The van der Waals surface area contributed by atoms with Crippen molar-refractivity contribution in [2.75, 3.05) is 12.4 Å². The van der Waals surface area contributed by atoms with Crippen LogP contribution in [0.5, 0.6) is 5.75 Å². The Labute approximate surface area is 151 Å². The van der Waals surface area contributed by atoms with Crippen molar-refractivity contribution in [1.29, 1.82) is 0 Å². The van der Waals surface area contributed by atoms with E-state index < -0.39 is 11.5 Å². The number of ether oxygens (including phenoxy) is 1. The van der Waals surface area contributed by atoms with Crippen molar-refractivity contribution in [3.8, 4) is 11.4 Å². The Morgan fingerprint density at radius 1 is 1.08 bits per heavy atom. The van der Waals surface area contributed by atoms with Crippen molar-refractivity contribution in [2.24, 2.45) is 0 Å². The van der Waals surface area contributed by atoms with Crippen molar-refractivity contribution < 1.29 is 9.53 Å². The molecule has 26 heavy (non-hydrogen) atoms. The Hall–Kier alpha value is -3.41. The van der Waals surface area contributed by atoms with Crippen LogP contribution in [0.25, 0.3) is 5.69 Å². The molecular weight excluding hydrogens is 330 g/mol. The molecule has 6 heteroatoms. The number of aryl methyl sites for hydroxylation is 2. The van der Waals surface area contributed by atoms with Crippen LogP contribution in [0, 0.1) is 13.8 Å². The highest BCUT2D eigenvalue weighted by Crippen LogP contribution is 2.14. The number of anilines is 1. The number of aromatic nitrogens is 2. The van der Waals surface area contributed by atoms with Gasteiger partial charge in [-0.1, -0.05) is 6.07 Å². The van der Waals surface area contributed by atoms with E-state index in [-0.39, 0.29) is 5.82 Å². The largest absolute Gasteiger partial charge is 0.497 e. The summed E-state index contributed by atoms with van der Waals surface area (Å²) in [6.07, 6.45) is 3.07. The fourth-order valence-corrected chi connectivity index (χ4v) is 2.50. The van der Waals surface area contributed by atoms with Crippen LogP contribution in [0.15, 0.2) is 59.7 Å². The number of hydrogen-bond donors (Lipinski definition) is 1. The molecule has 6 nitrogen and oxygen atoms in total. The summed E-state index contributed by atoms with van der Waals surface area (Å²) >= 11 is 0. The number of methoxy groups -OCH3 is 1. The van der Waals surface area contributed by atoms with Gasteiger partial charge in [0.15, 0.2) is 5.82 Å². The molecule has 0 bridgehead atoms. The molecule has 1 amide bonds. The van der Waals surface area contributed by atoms with E-state index in [1.165, 1.54) is 10.8 Å². The summed E-state index contributed by atoms with van der Waals surface area (Å²) < 4.78 is 6.53. The van der Waals surface area contributed by atoms with E-state index in [4.69, 9.17) is 4.74 Å². The smallest absolute Gasteiger partial charge is 0.298 e. The van der Waals surface area contributed by atoms with Gasteiger partial charge in [-0.2, -0.15) is 0 Å². The van der Waals surface area contributed by atoms with E-state index in [2.05, 4.69) is 10.3 Å². The standard InChI is InChI=1S/C20H19N3O3/c1-13-4-7-16(12-14(13)2)23-11-10-21-18(20(23)25)22-19(24)15-5-8-17(26-3)9-6-15/h4-12H,1-3H3,(H,21,22,24). The number of nitrogens with zero attached hydrogens (tertiary/aromatic N) is 2. The molecule has 0 saturated heterocycles. The molecule has 0 fully saturated rings.